The van der Waals surface area contributed by atoms with Gasteiger partial charge in [-0.15, -0.1) is 0 Å². The molecule has 0 amide bonds. The van der Waals surface area contributed by atoms with E-state index in [1.165, 1.54) is 7.11 Å². The Morgan fingerprint density at radius 2 is 1.79 bits per heavy atom. The number of piperazine rings is 1. The first-order valence-corrected chi connectivity index (χ1v) is 13.0. The number of aromatic nitrogens is 1. The summed E-state index contributed by atoms with van der Waals surface area (Å²) in [5.74, 6) is -0.0123. The van der Waals surface area contributed by atoms with Gasteiger partial charge in [-0.25, -0.2) is 0 Å². The number of rotatable bonds is 5. The molecule has 196 valence electrons. The third kappa shape index (κ3) is 3.47. The predicted molar refractivity (Wildman–Crippen MR) is 141 cm³/mol. The largest absolute Gasteiger partial charge is 0.495 e. The zero-order valence-electron chi connectivity index (χ0n) is 21.6. The van der Waals surface area contributed by atoms with Gasteiger partial charge in [0.25, 0.3) is 0 Å². The number of ether oxygens (including phenoxy) is 2. The predicted octanol–water partition coefficient (Wildman–Crippen LogP) is 2.46. The number of likely N-dealkylation sites (N-methyl/N-ethyl adjacent to an activating group) is 1. The van der Waals surface area contributed by atoms with E-state index in [0.29, 0.717) is 34.7 Å². The van der Waals surface area contributed by atoms with Gasteiger partial charge < -0.3 is 29.5 Å². The lowest BCUT2D eigenvalue weighted by Crippen LogP contribution is -2.52. The van der Waals surface area contributed by atoms with Crippen LogP contribution in [0.3, 0.4) is 0 Å². The first-order chi connectivity index (χ1) is 18.4. The molecule has 0 unspecified atom stereocenters. The van der Waals surface area contributed by atoms with E-state index in [0.717, 1.165) is 31.7 Å². The summed E-state index contributed by atoms with van der Waals surface area (Å²) in [6.07, 6.45) is 1.96. The molecule has 2 N–H and O–H groups in total. The molecule has 1 saturated carbocycles. The van der Waals surface area contributed by atoms with Crippen LogP contribution in [0.1, 0.15) is 28.2 Å². The van der Waals surface area contributed by atoms with Crippen molar-refractivity contribution < 1.29 is 19.7 Å². The molecule has 0 spiro atoms. The van der Waals surface area contributed by atoms with Gasteiger partial charge in [-0.3, -0.25) is 4.98 Å². The smallest absolute Gasteiger partial charge is 0.177 e. The molecule has 8 heteroatoms. The van der Waals surface area contributed by atoms with Crippen molar-refractivity contribution in [3.8, 4) is 17.6 Å². The molecule has 1 saturated heterocycles. The fourth-order valence-electron chi connectivity index (χ4n) is 6.86. The van der Waals surface area contributed by atoms with Crippen LogP contribution in [-0.2, 0) is 11.2 Å². The maximum absolute atomic E-state index is 12.9. The number of aliphatic hydroxyl groups excluding tert-OH is 1. The summed E-state index contributed by atoms with van der Waals surface area (Å²) in [5, 5.41) is 34.6. The lowest BCUT2D eigenvalue weighted by atomic mass is 9.70. The number of pyridine rings is 1. The molecule has 0 radical (unpaired) electrons. The Balaban J connectivity index is 1.59. The average Bonchev–Trinajstić information content (AvgIpc) is 3.33. The number of hydrogen-bond acceptors (Lipinski definition) is 8. The van der Waals surface area contributed by atoms with Crippen LogP contribution in [0.2, 0.25) is 0 Å². The highest BCUT2D eigenvalue weighted by Crippen LogP contribution is 2.69. The van der Waals surface area contributed by atoms with Crippen LogP contribution in [0.4, 0.5) is 0 Å². The van der Waals surface area contributed by atoms with Crippen molar-refractivity contribution in [2.24, 2.45) is 5.92 Å². The molecule has 2 fully saturated rings. The van der Waals surface area contributed by atoms with Gasteiger partial charge in [0.2, 0.25) is 0 Å². The zero-order chi connectivity index (χ0) is 26.5. The van der Waals surface area contributed by atoms with E-state index < -0.39 is 23.2 Å². The maximum Gasteiger partial charge on any atom is 0.177 e. The molecule has 5 atom stereocenters. The summed E-state index contributed by atoms with van der Waals surface area (Å²) < 4.78 is 12.5. The quantitative estimate of drug-likeness (QED) is 0.538. The zero-order valence-corrected chi connectivity index (χ0v) is 21.6. The minimum absolute atomic E-state index is 0.354. The highest BCUT2D eigenvalue weighted by atomic mass is 16.5. The van der Waals surface area contributed by atoms with Gasteiger partial charge in [0.1, 0.15) is 11.5 Å². The minimum Gasteiger partial charge on any atom is -0.495 e. The highest BCUT2D eigenvalue weighted by Gasteiger charge is 2.76. The Morgan fingerprint density at radius 1 is 1.08 bits per heavy atom. The first kappa shape index (κ1) is 24.8. The van der Waals surface area contributed by atoms with Crippen molar-refractivity contribution in [1.82, 2.24) is 14.8 Å². The van der Waals surface area contributed by atoms with Crippen molar-refractivity contribution in [3.63, 3.8) is 0 Å². The van der Waals surface area contributed by atoms with Crippen LogP contribution in [0, 0.1) is 17.2 Å². The van der Waals surface area contributed by atoms with Gasteiger partial charge in [-0.1, -0.05) is 42.5 Å². The topological polar surface area (TPSA) is 102 Å². The summed E-state index contributed by atoms with van der Waals surface area (Å²) >= 11 is 0. The monoisotopic (exact) mass is 512 g/mol. The molecule has 1 aromatic heterocycles. The van der Waals surface area contributed by atoms with Crippen molar-refractivity contribution in [3.05, 3.63) is 89.2 Å². The molecular weight excluding hydrogens is 480 g/mol. The van der Waals surface area contributed by atoms with Crippen molar-refractivity contribution >= 4 is 0 Å². The molecule has 6 rings (SSSR count). The fourth-order valence-corrected chi connectivity index (χ4v) is 6.86. The SMILES string of the molecule is COc1cncc2c1[C@]1(O)[C@H](O)[C@H](CN3CCN(C)CC3)[C@@H](c3ccccc3)[C@]1(c1ccc(C#N)cc1)O2. The van der Waals surface area contributed by atoms with Crippen molar-refractivity contribution in [1.29, 1.82) is 5.26 Å². The van der Waals surface area contributed by atoms with Crippen LogP contribution >= 0.6 is 0 Å². The van der Waals surface area contributed by atoms with Gasteiger partial charge >= 0.3 is 0 Å². The third-order valence-electron chi connectivity index (χ3n) is 8.68. The van der Waals surface area contributed by atoms with E-state index in [-0.39, 0.29) is 5.92 Å². The molecule has 0 bridgehead atoms. The second-order valence-electron chi connectivity index (χ2n) is 10.6. The second kappa shape index (κ2) is 9.37. The van der Waals surface area contributed by atoms with Gasteiger partial charge in [0.05, 0.1) is 42.8 Å². The van der Waals surface area contributed by atoms with Crippen molar-refractivity contribution in [2.75, 3.05) is 46.9 Å². The third-order valence-corrected chi connectivity index (χ3v) is 8.68. The Kier molecular flexibility index (Phi) is 6.12. The number of hydrogen-bond donors (Lipinski definition) is 2. The molecule has 8 nitrogen and oxygen atoms in total. The number of benzene rings is 2. The molecule has 3 heterocycles. The molecule has 2 aliphatic heterocycles. The summed E-state index contributed by atoms with van der Waals surface area (Å²) in [7, 11) is 3.65. The van der Waals surface area contributed by atoms with Crippen LogP contribution in [0.15, 0.2) is 67.0 Å². The Bertz CT molecular complexity index is 1350. The van der Waals surface area contributed by atoms with E-state index in [1.54, 1.807) is 24.5 Å². The van der Waals surface area contributed by atoms with E-state index in [9.17, 15) is 15.5 Å². The second-order valence-corrected chi connectivity index (χ2v) is 10.6. The molecule has 3 aliphatic rings. The van der Waals surface area contributed by atoms with Crippen LogP contribution in [-0.4, -0.2) is 78.0 Å². The summed E-state index contributed by atoms with van der Waals surface area (Å²) in [4.78, 5) is 8.95. The van der Waals surface area contributed by atoms with E-state index in [1.807, 2.05) is 42.5 Å². The van der Waals surface area contributed by atoms with Crippen molar-refractivity contribution in [2.45, 2.75) is 23.2 Å². The van der Waals surface area contributed by atoms with Gasteiger partial charge in [-0.05, 0) is 30.3 Å². The van der Waals surface area contributed by atoms with Crippen LogP contribution in [0.5, 0.6) is 11.5 Å². The lowest BCUT2D eigenvalue weighted by Gasteiger charge is -2.41. The van der Waals surface area contributed by atoms with E-state index in [4.69, 9.17) is 9.47 Å². The van der Waals surface area contributed by atoms with Gasteiger partial charge in [0.15, 0.2) is 11.2 Å². The number of aliphatic hydroxyl groups is 2. The summed E-state index contributed by atoms with van der Waals surface area (Å²) in [6.45, 7) is 4.26. The molecule has 1 aliphatic carbocycles. The summed E-state index contributed by atoms with van der Waals surface area (Å²) in [6, 6.07) is 19.3. The number of methoxy groups -OCH3 is 1. The van der Waals surface area contributed by atoms with Gasteiger partial charge in [0, 0.05) is 44.6 Å². The van der Waals surface area contributed by atoms with E-state index in [2.05, 4.69) is 27.9 Å². The first-order valence-electron chi connectivity index (χ1n) is 13.0. The minimum atomic E-state index is -1.83. The number of fused-ring (bicyclic) bond motifs is 3. The normalized spacial score (nSPS) is 30.8. The Morgan fingerprint density at radius 3 is 2.45 bits per heavy atom. The fraction of sp³-hybridized carbons (Fsp3) is 0.400. The lowest BCUT2D eigenvalue weighted by molar-refractivity contribution is -0.152. The molecule has 38 heavy (non-hydrogen) atoms. The maximum atomic E-state index is 12.9. The molecular formula is C30H32N4O4. The Labute approximate surface area is 222 Å². The highest BCUT2D eigenvalue weighted by molar-refractivity contribution is 5.59. The van der Waals surface area contributed by atoms with Crippen LogP contribution < -0.4 is 9.47 Å². The van der Waals surface area contributed by atoms with Crippen LogP contribution in [0.25, 0.3) is 0 Å². The van der Waals surface area contributed by atoms with E-state index >= 15 is 0 Å². The Hall–Kier alpha value is -3.48. The summed E-state index contributed by atoms with van der Waals surface area (Å²) in [5.41, 5.74) is -0.641. The number of nitrogens with zero attached hydrogens (tertiary/aromatic N) is 4. The van der Waals surface area contributed by atoms with Gasteiger partial charge in [-0.2, -0.15) is 5.26 Å². The molecule has 3 aromatic rings. The average molecular weight is 513 g/mol. The number of nitriles is 1. The molecule has 2 aromatic carbocycles. The standard InChI is InChI=1S/C30H32N4O4/c1-33-12-14-34(15-13-33)19-23-26(21-6-4-3-5-7-21)30(22-10-8-20(16-31)9-11-22)29(36,28(23)35)27-24(37-2)17-32-18-25(27)38-30/h3-11,17-18,23,26,28,35-36H,12-15,19H2,1-2H3/t23-,26-,28-,29+,30+/m1/s1.